The van der Waals surface area contributed by atoms with Crippen LogP contribution in [0.3, 0.4) is 0 Å². The number of nitrogens with one attached hydrogen (secondary N) is 1. The van der Waals surface area contributed by atoms with E-state index in [4.69, 9.17) is 4.74 Å². The van der Waals surface area contributed by atoms with Crippen LogP contribution in [0.5, 0.6) is 11.5 Å². The molecule has 1 N–H and O–H groups in total. The summed E-state index contributed by atoms with van der Waals surface area (Å²) in [6.07, 6.45) is 1.08. The number of hydrogen-bond donors (Lipinski definition) is 1. The molecule has 0 aliphatic carbocycles. The van der Waals surface area contributed by atoms with Crippen LogP contribution in [0.2, 0.25) is 0 Å². The maximum atomic E-state index is 5.76. The first-order chi connectivity index (χ1) is 8.83. The Morgan fingerprint density at radius 1 is 0.944 bits per heavy atom. The molecule has 0 bridgehead atoms. The standard InChI is InChI=1S/C16H19NO/c1-3-16(17-2)13-9-11-15(12-10-13)18-14-7-5-4-6-8-14/h4-12,16-17H,3H2,1-2H3. The predicted molar refractivity (Wildman–Crippen MR) is 75.0 cm³/mol. The van der Waals surface area contributed by atoms with Gasteiger partial charge in [-0.15, -0.1) is 0 Å². The summed E-state index contributed by atoms with van der Waals surface area (Å²) in [5.41, 5.74) is 1.29. The molecular formula is C16H19NO. The molecule has 2 aromatic carbocycles. The van der Waals surface area contributed by atoms with E-state index in [2.05, 4.69) is 24.4 Å². The van der Waals surface area contributed by atoms with Crippen molar-refractivity contribution in [3.63, 3.8) is 0 Å². The lowest BCUT2D eigenvalue weighted by atomic mass is 10.0. The third kappa shape index (κ3) is 3.11. The van der Waals surface area contributed by atoms with Crippen LogP contribution >= 0.6 is 0 Å². The molecule has 0 spiro atoms. The van der Waals surface area contributed by atoms with E-state index in [0.717, 1.165) is 17.9 Å². The van der Waals surface area contributed by atoms with Gasteiger partial charge in [0.2, 0.25) is 0 Å². The molecule has 2 heteroatoms. The molecule has 1 unspecified atom stereocenters. The van der Waals surface area contributed by atoms with Gasteiger partial charge in [-0.05, 0) is 43.3 Å². The molecule has 0 aromatic heterocycles. The van der Waals surface area contributed by atoms with Gasteiger partial charge in [0.1, 0.15) is 11.5 Å². The van der Waals surface area contributed by atoms with Gasteiger partial charge >= 0.3 is 0 Å². The lowest BCUT2D eigenvalue weighted by Crippen LogP contribution is -2.14. The number of ether oxygens (including phenoxy) is 1. The minimum absolute atomic E-state index is 0.413. The third-order valence-corrected chi connectivity index (χ3v) is 3.02. The van der Waals surface area contributed by atoms with Gasteiger partial charge in [0.25, 0.3) is 0 Å². The van der Waals surface area contributed by atoms with Gasteiger partial charge in [-0.25, -0.2) is 0 Å². The van der Waals surface area contributed by atoms with Crippen molar-refractivity contribution in [2.75, 3.05) is 7.05 Å². The van der Waals surface area contributed by atoms with Crippen LogP contribution in [-0.4, -0.2) is 7.05 Å². The van der Waals surface area contributed by atoms with Gasteiger partial charge in [-0.1, -0.05) is 37.3 Å². The van der Waals surface area contributed by atoms with Crippen LogP contribution in [0.15, 0.2) is 54.6 Å². The molecule has 0 aliphatic heterocycles. The summed E-state index contributed by atoms with van der Waals surface area (Å²) in [7, 11) is 1.99. The zero-order chi connectivity index (χ0) is 12.8. The van der Waals surface area contributed by atoms with E-state index in [1.165, 1.54) is 5.56 Å². The molecule has 0 heterocycles. The molecule has 0 radical (unpaired) electrons. The fourth-order valence-electron chi connectivity index (χ4n) is 2.00. The second-order valence-corrected chi connectivity index (χ2v) is 4.23. The van der Waals surface area contributed by atoms with Crippen molar-refractivity contribution in [3.05, 3.63) is 60.2 Å². The molecule has 2 rings (SSSR count). The van der Waals surface area contributed by atoms with Crippen LogP contribution in [0.1, 0.15) is 24.9 Å². The second-order valence-electron chi connectivity index (χ2n) is 4.23. The van der Waals surface area contributed by atoms with Gasteiger partial charge in [-0.2, -0.15) is 0 Å². The Kier molecular flexibility index (Phi) is 4.37. The quantitative estimate of drug-likeness (QED) is 0.849. The Morgan fingerprint density at radius 2 is 1.56 bits per heavy atom. The maximum Gasteiger partial charge on any atom is 0.127 e. The molecule has 1 atom stereocenters. The van der Waals surface area contributed by atoms with Gasteiger partial charge in [-0.3, -0.25) is 0 Å². The summed E-state index contributed by atoms with van der Waals surface area (Å²) in [5, 5.41) is 3.30. The highest BCUT2D eigenvalue weighted by Crippen LogP contribution is 2.23. The summed E-state index contributed by atoms with van der Waals surface area (Å²) in [4.78, 5) is 0. The average Bonchev–Trinajstić information content (AvgIpc) is 2.43. The molecule has 18 heavy (non-hydrogen) atoms. The van der Waals surface area contributed by atoms with Gasteiger partial charge in [0.05, 0.1) is 0 Å². The van der Waals surface area contributed by atoms with Crippen molar-refractivity contribution in [3.8, 4) is 11.5 Å². The minimum Gasteiger partial charge on any atom is -0.457 e. The Hall–Kier alpha value is -1.80. The largest absolute Gasteiger partial charge is 0.457 e. The molecule has 2 nitrogen and oxygen atoms in total. The molecule has 0 aliphatic rings. The Labute approximate surface area is 109 Å². The second kappa shape index (κ2) is 6.22. The lowest BCUT2D eigenvalue weighted by Gasteiger charge is -2.14. The average molecular weight is 241 g/mol. The highest BCUT2D eigenvalue weighted by molar-refractivity contribution is 5.33. The molecule has 0 amide bonds. The van der Waals surface area contributed by atoms with Crippen molar-refractivity contribution in [2.45, 2.75) is 19.4 Å². The Morgan fingerprint density at radius 3 is 2.11 bits per heavy atom. The first-order valence-electron chi connectivity index (χ1n) is 6.33. The third-order valence-electron chi connectivity index (χ3n) is 3.02. The maximum absolute atomic E-state index is 5.76. The van der Waals surface area contributed by atoms with Crippen LogP contribution in [0.25, 0.3) is 0 Å². The Bertz CT molecular complexity index is 460. The summed E-state index contributed by atoms with van der Waals surface area (Å²) in [5.74, 6) is 1.74. The van der Waals surface area contributed by atoms with Crippen molar-refractivity contribution in [2.24, 2.45) is 0 Å². The smallest absolute Gasteiger partial charge is 0.127 e. The Balaban J connectivity index is 2.08. The summed E-state index contributed by atoms with van der Waals surface area (Å²) in [6, 6.07) is 18.5. The normalized spacial score (nSPS) is 12.1. The molecule has 0 saturated heterocycles. The lowest BCUT2D eigenvalue weighted by molar-refractivity contribution is 0.481. The molecule has 0 fully saturated rings. The van der Waals surface area contributed by atoms with Crippen molar-refractivity contribution in [1.82, 2.24) is 5.32 Å². The van der Waals surface area contributed by atoms with E-state index in [1.807, 2.05) is 49.5 Å². The van der Waals surface area contributed by atoms with Crippen molar-refractivity contribution in [1.29, 1.82) is 0 Å². The molecular weight excluding hydrogens is 222 g/mol. The number of rotatable bonds is 5. The number of para-hydroxylation sites is 1. The van der Waals surface area contributed by atoms with E-state index in [1.54, 1.807) is 0 Å². The topological polar surface area (TPSA) is 21.3 Å². The van der Waals surface area contributed by atoms with E-state index < -0.39 is 0 Å². The summed E-state index contributed by atoms with van der Waals surface area (Å²) in [6.45, 7) is 2.18. The first-order valence-corrected chi connectivity index (χ1v) is 6.33. The van der Waals surface area contributed by atoms with Crippen LogP contribution in [-0.2, 0) is 0 Å². The van der Waals surface area contributed by atoms with Crippen LogP contribution in [0, 0.1) is 0 Å². The fraction of sp³-hybridized carbons (Fsp3) is 0.250. The predicted octanol–water partition coefficient (Wildman–Crippen LogP) is 4.15. The van der Waals surface area contributed by atoms with Crippen LogP contribution in [0.4, 0.5) is 0 Å². The summed E-state index contributed by atoms with van der Waals surface area (Å²) >= 11 is 0. The van der Waals surface area contributed by atoms with Crippen molar-refractivity contribution < 1.29 is 4.74 Å². The highest BCUT2D eigenvalue weighted by atomic mass is 16.5. The van der Waals surface area contributed by atoms with Crippen molar-refractivity contribution >= 4 is 0 Å². The number of hydrogen-bond acceptors (Lipinski definition) is 2. The zero-order valence-corrected chi connectivity index (χ0v) is 10.9. The summed E-state index contributed by atoms with van der Waals surface area (Å²) < 4.78 is 5.76. The number of benzene rings is 2. The highest BCUT2D eigenvalue weighted by Gasteiger charge is 2.06. The molecule has 0 saturated carbocycles. The zero-order valence-electron chi connectivity index (χ0n) is 10.9. The van der Waals surface area contributed by atoms with E-state index >= 15 is 0 Å². The van der Waals surface area contributed by atoms with Gasteiger partial charge < -0.3 is 10.1 Å². The SMILES string of the molecule is CCC(NC)c1ccc(Oc2ccccc2)cc1. The van der Waals surface area contributed by atoms with Crippen LogP contribution < -0.4 is 10.1 Å². The first kappa shape index (κ1) is 12.7. The van der Waals surface area contributed by atoms with E-state index in [-0.39, 0.29) is 0 Å². The van der Waals surface area contributed by atoms with E-state index in [0.29, 0.717) is 6.04 Å². The fourth-order valence-corrected chi connectivity index (χ4v) is 2.00. The minimum atomic E-state index is 0.413. The van der Waals surface area contributed by atoms with E-state index in [9.17, 15) is 0 Å². The van der Waals surface area contributed by atoms with Gasteiger partial charge in [0.15, 0.2) is 0 Å². The monoisotopic (exact) mass is 241 g/mol. The van der Waals surface area contributed by atoms with Gasteiger partial charge in [0, 0.05) is 6.04 Å². The molecule has 2 aromatic rings. The molecule has 94 valence electrons.